The molecule has 0 radical (unpaired) electrons. The van der Waals surface area contributed by atoms with Crippen molar-refractivity contribution in [2.45, 2.75) is 46.1 Å². The Morgan fingerprint density at radius 2 is 2.00 bits per heavy atom. The van der Waals surface area contributed by atoms with Gasteiger partial charge >= 0.3 is 0 Å². The molecule has 17 heavy (non-hydrogen) atoms. The zero-order valence-electron chi connectivity index (χ0n) is 10.7. The predicted octanol–water partition coefficient (Wildman–Crippen LogP) is 3.78. The van der Waals surface area contributed by atoms with Gasteiger partial charge in [0.15, 0.2) is 0 Å². The molecule has 4 heteroatoms. The highest BCUT2D eigenvalue weighted by Crippen LogP contribution is 2.30. The van der Waals surface area contributed by atoms with Crippen LogP contribution in [-0.4, -0.2) is 16.0 Å². The molecule has 1 aromatic heterocycles. The average molecular weight is 298 g/mol. The topological polar surface area (TPSA) is 37.8 Å². The number of hydrogen-bond acceptors (Lipinski definition) is 3. The predicted molar refractivity (Wildman–Crippen MR) is 74.1 cm³/mol. The van der Waals surface area contributed by atoms with Gasteiger partial charge in [0.1, 0.15) is 16.2 Å². The van der Waals surface area contributed by atoms with Crippen molar-refractivity contribution in [2.75, 3.05) is 5.32 Å². The second kappa shape index (κ2) is 5.34. The average Bonchev–Trinajstić information content (AvgIpc) is 2.22. The molecular formula is C13H20BrN3. The van der Waals surface area contributed by atoms with Crippen LogP contribution in [0.4, 0.5) is 5.82 Å². The van der Waals surface area contributed by atoms with Crippen molar-refractivity contribution in [1.29, 1.82) is 0 Å². The van der Waals surface area contributed by atoms with Crippen LogP contribution in [-0.2, 0) is 0 Å². The van der Waals surface area contributed by atoms with Gasteiger partial charge in [0.05, 0.1) is 0 Å². The fraction of sp³-hybridized carbons (Fsp3) is 0.692. The second-order valence-corrected chi connectivity index (χ2v) is 6.04. The molecule has 0 bridgehead atoms. The number of nitrogens with zero attached hydrogens (tertiary/aromatic N) is 2. The first-order valence-corrected chi connectivity index (χ1v) is 7.11. The van der Waals surface area contributed by atoms with Crippen LogP contribution in [0.3, 0.4) is 0 Å². The lowest BCUT2D eigenvalue weighted by molar-refractivity contribution is 0.260. The van der Waals surface area contributed by atoms with E-state index in [0.717, 1.165) is 28.1 Å². The number of hydrogen-bond donors (Lipinski definition) is 1. The van der Waals surface area contributed by atoms with Gasteiger partial charge in [-0.25, -0.2) is 9.97 Å². The highest BCUT2D eigenvalue weighted by Gasteiger charge is 2.24. The van der Waals surface area contributed by atoms with Crippen LogP contribution < -0.4 is 5.32 Å². The van der Waals surface area contributed by atoms with Gasteiger partial charge in [-0.2, -0.15) is 0 Å². The molecule has 1 aliphatic carbocycles. The van der Waals surface area contributed by atoms with Crippen LogP contribution in [0.2, 0.25) is 0 Å². The highest BCUT2D eigenvalue weighted by atomic mass is 79.9. The molecule has 1 saturated carbocycles. The quantitative estimate of drug-likeness (QED) is 0.844. The first kappa shape index (κ1) is 12.8. The third kappa shape index (κ3) is 3.41. The molecule has 1 aromatic rings. The lowest BCUT2D eigenvalue weighted by Crippen LogP contribution is -2.30. The lowest BCUT2D eigenvalue weighted by Gasteiger charge is -2.32. The van der Waals surface area contributed by atoms with E-state index in [4.69, 9.17) is 0 Å². The van der Waals surface area contributed by atoms with Crippen molar-refractivity contribution in [2.24, 2.45) is 11.8 Å². The van der Waals surface area contributed by atoms with E-state index in [-0.39, 0.29) is 0 Å². The Hall–Kier alpha value is -0.640. The molecule has 0 amide bonds. The molecule has 3 unspecified atom stereocenters. The van der Waals surface area contributed by atoms with Gasteiger partial charge in [0.2, 0.25) is 0 Å². The first-order valence-electron chi connectivity index (χ1n) is 6.32. The minimum absolute atomic E-state index is 0.558. The Morgan fingerprint density at radius 1 is 1.24 bits per heavy atom. The van der Waals surface area contributed by atoms with Crippen molar-refractivity contribution in [3.05, 3.63) is 16.5 Å². The molecule has 1 fully saturated rings. The third-order valence-electron chi connectivity index (χ3n) is 3.76. The van der Waals surface area contributed by atoms with Gasteiger partial charge in [-0.15, -0.1) is 0 Å². The van der Waals surface area contributed by atoms with Crippen LogP contribution in [0.25, 0.3) is 0 Å². The molecule has 1 heterocycles. The van der Waals surface area contributed by atoms with Gasteiger partial charge < -0.3 is 5.32 Å². The minimum atomic E-state index is 0.558. The van der Waals surface area contributed by atoms with Crippen LogP contribution in [0.1, 0.15) is 38.9 Å². The van der Waals surface area contributed by atoms with Gasteiger partial charge in [0, 0.05) is 12.1 Å². The summed E-state index contributed by atoms with van der Waals surface area (Å²) in [6.45, 7) is 6.62. The maximum absolute atomic E-state index is 4.42. The number of halogens is 1. The van der Waals surface area contributed by atoms with E-state index < -0.39 is 0 Å². The van der Waals surface area contributed by atoms with Gasteiger partial charge in [0.25, 0.3) is 0 Å². The van der Waals surface area contributed by atoms with Crippen LogP contribution in [0, 0.1) is 18.8 Å². The van der Waals surface area contributed by atoms with Crippen molar-refractivity contribution in [3.8, 4) is 0 Å². The molecule has 0 aliphatic heterocycles. The molecule has 0 aromatic carbocycles. The molecule has 0 spiro atoms. The van der Waals surface area contributed by atoms with E-state index in [0.29, 0.717) is 6.04 Å². The zero-order valence-corrected chi connectivity index (χ0v) is 12.3. The number of aryl methyl sites for hydroxylation is 1. The van der Waals surface area contributed by atoms with E-state index in [2.05, 4.69) is 45.1 Å². The van der Waals surface area contributed by atoms with E-state index in [9.17, 15) is 0 Å². The van der Waals surface area contributed by atoms with Crippen molar-refractivity contribution in [3.63, 3.8) is 0 Å². The van der Waals surface area contributed by atoms with Gasteiger partial charge in [-0.05, 0) is 54.0 Å². The monoisotopic (exact) mass is 297 g/mol. The summed E-state index contributed by atoms with van der Waals surface area (Å²) in [7, 11) is 0. The summed E-state index contributed by atoms with van der Waals surface area (Å²) in [5.41, 5.74) is 0. The summed E-state index contributed by atoms with van der Waals surface area (Å²) in [6, 6.07) is 2.51. The zero-order chi connectivity index (χ0) is 12.4. The highest BCUT2D eigenvalue weighted by molar-refractivity contribution is 9.10. The van der Waals surface area contributed by atoms with Crippen LogP contribution >= 0.6 is 15.9 Å². The molecule has 1 aliphatic rings. The summed E-state index contributed by atoms with van der Waals surface area (Å²) < 4.78 is 0.852. The largest absolute Gasteiger partial charge is 0.367 e. The molecule has 3 atom stereocenters. The van der Waals surface area contributed by atoms with E-state index >= 15 is 0 Å². The number of nitrogens with one attached hydrogen (secondary N) is 1. The fourth-order valence-corrected chi connectivity index (χ4v) is 2.97. The molecule has 3 nitrogen and oxygen atoms in total. The summed E-state index contributed by atoms with van der Waals surface area (Å²) >= 11 is 3.41. The van der Waals surface area contributed by atoms with Gasteiger partial charge in [-0.1, -0.05) is 13.8 Å². The van der Waals surface area contributed by atoms with E-state index in [1.54, 1.807) is 0 Å². The lowest BCUT2D eigenvalue weighted by atomic mass is 9.79. The first-order chi connectivity index (χ1) is 8.04. The summed E-state index contributed by atoms with van der Waals surface area (Å²) in [6.07, 6.45) is 3.79. The fourth-order valence-electron chi connectivity index (χ4n) is 2.49. The molecule has 0 saturated heterocycles. The Labute approximate surface area is 112 Å². The van der Waals surface area contributed by atoms with E-state index in [1.165, 1.54) is 19.3 Å². The Balaban J connectivity index is 2.01. The second-order valence-electron chi connectivity index (χ2n) is 5.23. The Kier molecular flexibility index (Phi) is 4.02. The smallest absolute Gasteiger partial charge is 0.131 e. The van der Waals surface area contributed by atoms with Crippen molar-refractivity contribution < 1.29 is 0 Å². The minimum Gasteiger partial charge on any atom is -0.367 e. The number of rotatable bonds is 2. The van der Waals surface area contributed by atoms with Crippen LogP contribution in [0.15, 0.2) is 10.7 Å². The van der Waals surface area contributed by atoms with Crippen molar-refractivity contribution >= 4 is 21.7 Å². The molecule has 2 rings (SSSR count). The molecule has 94 valence electrons. The Bertz CT molecular complexity index is 374. The maximum Gasteiger partial charge on any atom is 0.131 e. The SMILES string of the molecule is Cc1nc(Br)cc(NC2CCC(C)C(C)C2)n1. The van der Waals surface area contributed by atoms with Crippen LogP contribution in [0.5, 0.6) is 0 Å². The summed E-state index contributed by atoms with van der Waals surface area (Å²) in [4.78, 5) is 8.64. The standard InChI is InChI=1S/C13H20BrN3/c1-8-4-5-11(6-9(8)2)17-13-7-12(14)15-10(3)16-13/h7-9,11H,4-6H2,1-3H3,(H,15,16,17). The third-order valence-corrected chi connectivity index (χ3v) is 4.16. The van der Waals surface area contributed by atoms with Crippen molar-refractivity contribution in [1.82, 2.24) is 9.97 Å². The summed E-state index contributed by atoms with van der Waals surface area (Å²) in [5, 5.41) is 3.53. The number of anilines is 1. The molecule has 1 N–H and O–H groups in total. The molecular weight excluding hydrogens is 278 g/mol. The maximum atomic E-state index is 4.42. The van der Waals surface area contributed by atoms with E-state index in [1.807, 2.05) is 13.0 Å². The number of aromatic nitrogens is 2. The normalized spacial score (nSPS) is 29.1. The Morgan fingerprint density at radius 3 is 2.65 bits per heavy atom. The van der Waals surface area contributed by atoms with Gasteiger partial charge in [-0.3, -0.25) is 0 Å². The summed E-state index contributed by atoms with van der Waals surface area (Å²) in [5.74, 6) is 3.40.